The summed E-state index contributed by atoms with van der Waals surface area (Å²) >= 11 is 0. The maximum absolute atomic E-state index is 12.8. The van der Waals surface area contributed by atoms with E-state index in [0.29, 0.717) is 6.42 Å². The molecule has 0 aromatic rings. The number of aliphatic hydroxyl groups is 3. The number of carbonyl (C=O) groups excluding carboxylic acids is 4. The van der Waals surface area contributed by atoms with Gasteiger partial charge in [-0.25, -0.2) is 0 Å². The van der Waals surface area contributed by atoms with Gasteiger partial charge in [-0.05, 0) is 26.7 Å². The molecular weight excluding hydrogens is 544 g/mol. The van der Waals surface area contributed by atoms with E-state index in [1.165, 1.54) is 13.8 Å². The van der Waals surface area contributed by atoms with Crippen molar-refractivity contribution in [3.8, 4) is 0 Å². The first-order chi connectivity index (χ1) is 19.3. The van der Waals surface area contributed by atoms with Gasteiger partial charge in [-0.1, -0.05) is 39.0 Å². The third-order valence-electron chi connectivity index (χ3n) is 6.75. The highest BCUT2D eigenvalue weighted by molar-refractivity contribution is 5.92. The molecule has 1 rings (SSSR count). The molecule has 15 heteroatoms. The lowest BCUT2D eigenvalue weighted by Crippen LogP contribution is -2.66. The number of hydrogen-bond acceptors (Lipinski definition) is 10. The van der Waals surface area contributed by atoms with Crippen LogP contribution < -0.4 is 21.7 Å². The first-order valence-electron chi connectivity index (χ1n) is 14.0. The summed E-state index contributed by atoms with van der Waals surface area (Å²) in [6.45, 7) is 4.07. The van der Waals surface area contributed by atoms with Crippen LogP contribution in [0.2, 0.25) is 0 Å². The van der Waals surface area contributed by atoms with Gasteiger partial charge in [-0.3, -0.25) is 24.0 Å². The predicted octanol–water partition coefficient (Wildman–Crippen LogP) is -1.59. The van der Waals surface area contributed by atoms with Gasteiger partial charge in [0, 0.05) is 12.8 Å². The lowest BCUT2D eigenvalue weighted by molar-refractivity contribution is -0.266. The number of aliphatic carboxylic acids is 1. The van der Waals surface area contributed by atoms with Crippen LogP contribution in [-0.4, -0.2) is 105 Å². The Morgan fingerprint density at radius 2 is 1.59 bits per heavy atom. The van der Waals surface area contributed by atoms with Crippen LogP contribution in [0.25, 0.3) is 0 Å². The van der Waals surface area contributed by atoms with Crippen molar-refractivity contribution in [1.82, 2.24) is 16.0 Å². The normalized spacial score (nSPS) is 24.5. The average Bonchev–Trinajstić information content (AvgIpc) is 2.91. The van der Waals surface area contributed by atoms with Crippen LogP contribution in [0.1, 0.15) is 78.6 Å². The zero-order valence-corrected chi connectivity index (χ0v) is 23.9. The summed E-state index contributed by atoms with van der Waals surface area (Å²) < 4.78 is 10.9. The number of carbonyl (C=O) groups is 5. The van der Waals surface area contributed by atoms with E-state index in [4.69, 9.17) is 20.3 Å². The number of amides is 4. The van der Waals surface area contributed by atoms with Crippen LogP contribution in [-0.2, 0) is 33.4 Å². The summed E-state index contributed by atoms with van der Waals surface area (Å²) in [7, 11) is 0. The summed E-state index contributed by atoms with van der Waals surface area (Å²) in [5.74, 6) is -4.14. The molecule has 15 nitrogen and oxygen atoms in total. The minimum absolute atomic E-state index is 0.170. The number of carboxylic acids is 1. The highest BCUT2D eigenvalue weighted by Crippen LogP contribution is 2.24. The van der Waals surface area contributed by atoms with Gasteiger partial charge in [0.2, 0.25) is 23.6 Å². The zero-order valence-electron chi connectivity index (χ0n) is 23.9. The Morgan fingerprint density at radius 3 is 2.17 bits per heavy atom. The molecule has 1 fully saturated rings. The number of hydrogen-bond donors (Lipinski definition) is 8. The summed E-state index contributed by atoms with van der Waals surface area (Å²) in [4.78, 5) is 60.1. The SMILES string of the molecule is CCCCCCCCC(=O)N[C@@H]1[C@@H](O[C@H](C)C(=O)N[C@@H](C)C(=O)N[C@H](CCC(=O)O)C(N)=O)[C@H](O)[C@@H](CO)O[C@H]1O. The lowest BCUT2D eigenvalue weighted by atomic mass is 9.96. The van der Waals surface area contributed by atoms with Crippen LogP contribution in [0.15, 0.2) is 0 Å². The second-order valence-corrected chi connectivity index (χ2v) is 10.2. The van der Waals surface area contributed by atoms with Crippen molar-refractivity contribution in [2.45, 2.75) is 127 Å². The molecule has 0 aromatic heterocycles. The molecule has 0 aromatic carbocycles. The smallest absolute Gasteiger partial charge is 0.303 e. The summed E-state index contributed by atoms with van der Waals surface area (Å²) in [6, 6.07) is -3.72. The highest BCUT2D eigenvalue weighted by atomic mass is 16.6. The molecule has 0 aliphatic carbocycles. The van der Waals surface area contributed by atoms with E-state index in [1.807, 2.05) is 0 Å². The molecule has 1 aliphatic heterocycles. The maximum atomic E-state index is 12.8. The minimum atomic E-state index is -1.65. The molecule has 0 spiro atoms. The second kappa shape index (κ2) is 18.6. The Morgan fingerprint density at radius 1 is 0.951 bits per heavy atom. The first-order valence-corrected chi connectivity index (χ1v) is 14.0. The Hall–Kier alpha value is -2.85. The third-order valence-corrected chi connectivity index (χ3v) is 6.75. The largest absolute Gasteiger partial charge is 0.481 e. The van der Waals surface area contributed by atoms with Crippen molar-refractivity contribution >= 4 is 29.6 Å². The molecule has 4 amide bonds. The van der Waals surface area contributed by atoms with Gasteiger partial charge in [-0.2, -0.15) is 0 Å². The highest BCUT2D eigenvalue weighted by Gasteiger charge is 2.47. The quantitative estimate of drug-likeness (QED) is 0.0796. The van der Waals surface area contributed by atoms with Crippen LogP contribution in [0.4, 0.5) is 0 Å². The zero-order chi connectivity index (χ0) is 31.1. The lowest BCUT2D eigenvalue weighted by Gasteiger charge is -2.43. The molecule has 0 saturated carbocycles. The van der Waals surface area contributed by atoms with E-state index >= 15 is 0 Å². The van der Waals surface area contributed by atoms with Crippen LogP contribution in [0, 0.1) is 0 Å². The fraction of sp³-hybridized carbons (Fsp3) is 0.808. The topological polar surface area (TPSA) is 247 Å². The van der Waals surface area contributed by atoms with E-state index in [9.17, 15) is 39.3 Å². The van der Waals surface area contributed by atoms with E-state index in [1.54, 1.807) is 0 Å². The molecule has 0 unspecified atom stereocenters. The van der Waals surface area contributed by atoms with Gasteiger partial charge in [0.1, 0.15) is 42.5 Å². The van der Waals surface area contributed by atoms with Crippen LogP contribution >= 0.6 is 0 Å². The van der Waals surface area contributed by atoms with Crippen LogP contribution in [0.5, 0.6) is 0 Å². The molecule has 0 radical (unpaired) electrons. The molecule has 8 atom stereocenters. The first kappa shape index (κ1) is 36.2. The monoisotopic (exact) mass is 590 g/mol. The number of carboxylic acid groups (broad SMARTS) is 1. The molecule has 0 bridgehead atoms. The van der Waals surface area contributed by atoms with Crippen molar-refractivity contribution in [1.29, 1.82) is 0 Å². The summed E-state index contributed by atoms with van der Waals surface area (Å²) in [5, 5.41) is 46.8. The van der Waals surface area contributed by atoms with Gasteiger partial charge in [0.25, 0.3) is 0 Å². The van der Waals surface area contributed by atoms with Gasteiger partial charge in [0.05, 0.1) is 6.61 Å². The Kier molecular flexibility index (Phi) is 16.4. The summed E-state index contributed by atoms with van der Waals surface area (Å²) in [6.07, 6.45) is -1.80. The standard InChI is InChI=1S/C26H46N4O11/c1-4-5-6-7-8-9-10-18(32)30-20-22(21(35)17(13-31)41-26(20)39)40-15(3)25(38)28-14(2)24(37)29-16(23(27)36)11-12-19(33)34/h14-17,20-22,26,31,35,39H,4-13H2,1-3H3,(H2,27,36)(H,28,38)(H,29,37)(H,30,32)(H,33,34)/t14-,15+,16+,17+,20+,21+,22+,26+/m0/s1. The van der Waals surface area contributed by atoms with Crippen molar-refractivity contribution in [3.63, 3.8) is 0 Å². The van der Waals surface area contributed by atoms with Gasteiger partial charge in [-0.15, -0.1) is 0 Å². The van der Waals surface area contributed by atoms with Crippen molar-refractivity contribution in [3.05, 3.63) is 0 Å². The fourth-order valence-electron chi connectivity index (χ4n) is 4.27. The second-order valence-electron chi connectivity index (χ2n) is 10.2. The number of primary amides is 1. The van der Waals surface area contributed by atoms with E-state index < -0.39 is 91.5 Å². The predicted molar refractivity (Wildman–Crippen MR) is 144 cm³/mol. The Balaban J connectivity index is 2.80. The van der Waals surface area contributed by atoms with E-state index in [0.717, 1.165) is 32.1 Å². The molecule has 9 N–H and O–H groups in total. The molecule has 1 heterocycles. The number of unbranched alkanes of at least 4 members (excludes halogenated alkanes) is 5. The average molecular weight is 591 g/mol. The van der Waals surface area contributed by atoms with Crippen molar-refractivity contribution in [2.24, 2.45) is 5.73 Å². The van der Waals surface area contributed by atoms with E-state index in [2.05, 4.69) is 22.9 Å². The van der Waals surface area contributed by atoms with Crippen LogP contribution in [0.3, 0.4) is 0 Å². The number of rotatable bonds is 19. The molecule has 236 valence electrons. The number of nitrogens with one attached hydrogen (secondary N) is 3. The minimum Gasteiger partial charge on any atom is -0.481 e. The van der Waals surface area contributed by atoms with Gasteiger partial charge in [0.15, 0.2) is 6.29 Å². The number of aliphatic hydroxyl groups excluding tert-OH is 3. The molecule has 1 aliphatic rings. The fourth-order valence-corrected chi connectivity index (χ4v) is 4.27. The van der Waals surface area contributed by atoms with E-state index in [-0.39, 0.29) is 12.8 Å². The molecule has 41 heavy (non-hydrogen) atoms. The van der Waals surface area contributed by atoms with Gasteiger partial charge >= 0.3 is 5.97 Å². The Labute approximate surface area is 239 Å². The summed E-state index contributed by atoms with van der Waals surface area (Å²) in [5.41, 5.74) is 5.21. The molecular formula is C26H46N4O11. The Bertz CT molecular complexity index is 874. The third kappa shape index (κ3) is 12.7. The number of nitrogens with two attached hydrogens (primary N) is 1. The van der Waals surface area contributed by atoms with Crippen molar-refractivity contribution in [2.75, 3.05) is 6.61 Å². The number of ether oxygens (including phenoxy) is 2. The van der Waals surface area contributed by atoms with Crippen molar-refractivity contribution < 1.29 is 53.9 Å². The maximum Gasteiger partial charge on any atom is 0.303 e. The molecule has 1 saturated heterocycles. The van der Waals surface area contributed by atoms with Gasteiger partial charge < -0.3 is 51.6 Å².